The van der Waals surface area contributed by atoms with Crippen LogP contribution in [0.4, 0.5) is 0 Å². The minimum absolute atomic E-state index is 0.0925. The maximum atomic E-state index is 11.6. The van der Waals surface area contributed by atoms with Gasteiger partial charge < -0.3 is 21.5 Å². The molecule has 1 heterocycles. The summed E-state index contributed by atoms with van der Waals surface area (Å²) in [7, 11) is 0. The van der Waals surface area contributed by atoms with Crippen molar-refractivity contribution in [3.63, 3.8) is 0 Å². The van der Waals surface area contributed by atoms with Crippen molar-refractivity contribution in [1.29, 1.82) is 0 Å². The number of amides is 2. The molecule has 2 amide bonds. The summed E-state index contributed by atoms with van der Waals surface area (Å²) in [4.78, 5) is 22.1. The van der Waals surface area contributed by atoms with Crippen molar-refractivity contribution >= 4 is 11.8 Å². The highest BCUT2D eigenvalue weighted by molar-refractivity contribution is 5.82. The Morgan fingerprint density at radius 2 is 2.27 bits per heavy atom. The first kappa shape index (κ1) is 11.9. The minimum Gasteiger partial charge on any atom is -0.381 e. The average molecular weight is 215 g/mol. The van der Waals surface area contributed by atoms with E-state index in [-0.39, 0.29) is 24.3 Å². The first-order valence-electron chi connectivity index (χ1n) is 4.98. The van der Waals surface area contributed by atoms with Crippen molar-refractivity contribution in [2.45, 2.75) is 13.0 Å². The maximum absolute atomic E-state index is 11.6. The molecule has 3 atom stereocenters. The Hall–Kier alpha value is -1.14. The normalized spacial score (nSPS) is 27.3. The van der Waals surface area contributed by atoms with Crippen LogP contribution in [0.5, 0.6) is 0 Å². The number of rotatable bonds is 4. The predicted octanol–water partition coefficient (Wildman–Crippen LogP) is -2.20. The van der Waals surface area contributed by atoms with Gasteiger partial charge in [-0.1, -0.05) is 6.92 Å². The molecule has 3 unspecified atom stereocenters. The van der Waals surface area contributed by atoms with Gasteiger partial charge in [-0.05, 0) is 12.5 Å². The van der Waals surface area contributed by atoms with Gasteiger partial charge in [0.1, 0.15) is 6.10 Å². The van der Waals surface area contributed by atoms with Gasteiger partial charge in [0.25, 0.3) is 0 Å². The Bertz CT molecular complexity index is 257. The summed E-state index contributed by atoms with van der Waals surface area (Å²) in [5.74, 6) is -0.790. The molecule has 0 aliphatic carbocycles. The molecule has 0 spiro atoms. The quantitative estimate of drug-likeness (QED) is 0.427. The fourth-order valence-corrected chi connectivity index (χ4v) is 1.59. The van der Waals surface area contributed by atoms with Crippen molar-refractivity contribution < 1.29 is 14.7 Å². The lowest BCUT2D eigenvalue weighted by atomic mass is 9.97. The number of carbonyl (C=O) groups is 2. The molecule has 6 heteroatoms. The largest absolute Gasteiger partial charge is 0.381 e. The number of nitrogens with one attached hydrogen (secondary N) is 2. The van der Waals surface area contributed by atoms with Crippen LogP contribution in [0.1, 0.15) is 6.92 Å². The SMILES string of the molecule is CC1CNCC1C(=O)NCC(O)C(N)=O. The lowest BCUT2D eigenvalue weighted by molar-refractivity contribution is -0.128. The third-order valence-corrected chi connectivity index (χ3v) is 2.65. The fourth-order valence-electron chi connectivity index (χ4n) is 1.59. The Balaban J connectivity index is 2.32. The Morgan fingerprint density at radius 3 is 2.73 bits per heavy atom. The molecule has 1 rings (SSSR count). The second-order valence-electron chi connectivity index (χ2n) is 3.91. The van der Waals surface area contributed by atoms with Crippen LogP contribution in [0.25, 0.3) is 0 Å². The van der Waals surface area contributed by atoms with E-state index in [4.69, 9.17) is 10.8 Å². The van der Waals surface area contributed by atoms with Gasteiger partial charge in [0.05, 0.1) is 12.5 Å². The van der Waals surface area contributed by atoms with Gasteiger partial charge in [0.2, 0.25) is 11.8 Å². The van der Waals surface area contributed by atoms with Gasteiger partial charge in [-0.15, -0.1) is 0 Å². The van der Waals surface area contributed by atoms with E-state index < -0.39 is 12.0 Å². The van der Waals surface area contributed by atoms with E-state index in [0.29, 0.717) is 6.54 Å². The van der Waals surface area contributed by atoms with Gasteiger partial charge in [-0.2, -0.15) is 0 Å². The fraction of sp³-hybridized carbons (Fsp3) is 0.778. The summed E-state index contributed by atoms with van der Waals surface area (Å²) < 4.78 is 0. The minimum atomic E-state index is -1.31. The number of hydrogen-bond donors (Lipinski definition) is 4. The third-order valence-electron chi connectivity index (χ3n) is 2.65. The van der Waals surface area contributed by atoms with Crippen molar-refractivity contribution in [3.8, 4) is 0 Å². The Morgan fingerprint density at radius 1 is 1.60 bits per heavy atom. The van der Waals surface area contributed by atoms with Crippen molar-refractivity contribution in [2.75, 3.05) is 19.6 Å². The second-order valence-corrected chi connectivity index (χ2v) is 3.91. The maximum Gasteiger partial charge on any atom is 0.248 e. The van der Waals surface area contributed by atoms with Crippen LogP contribution in [-0.2, 0) is 9.59 Å². The number of aliphatic hydroxyl groups is 1. The van der Waals surface area contributed by atoms with E-state index in [0.717, 1.165) is 6.54 Å². The smallest absolute Gasteiger partial charge is 0.248 e. The first-order chi connectivity index (χ1) is 7.02. The first-order valence-corrected chi connectivity index (χ1v) is 4.98. The second kappa shape index (κ2) is 5.09. The monoisotopic (exact) mass is 215 g/mol. The summed E-state index contributed by atoms with van der Waals surface area (Å²) in [5.41, 5.74) is 4.85. The van der Waals surface area contributed by atoms with E-state index in [2.05, 4.69) is 10.6 Å². The summed E-state index contributed by atoms with van der Waals surface area (Å²) >= 11 is 0. The standard InChI is InChI=1S/C9H17N3O3/c1-5-2-11-3-6(5)9(15)12-4-7(13)8(10)14/h5-7,11,13H,2-4H2,1H3,(H2,10,14)(H,12,15). The van der Waals surface area contributed by atoms with Gasteiger partial charge in [0.15, 0.2) is 0 Å². The zero-order chi connectivity index (χ0) is 11.4. The lowest BCUT2D eigenvalue weighted by Crippen LogP contribution is -2.43. The number of carbonyl (C=O) groups excluding carboxylic acids is 2. The van der Waals surface area contributed by atoms with Crippen molar-refractivity contribution in [1.82, 2.24) is 10.6 Å². The molecule has 1 aliphatic heterocycles. The van der Waals surface area contributed by atoms with Gasteiger partial charge in [-0.25, -0.2) is 0 Å². The zero-order valence-corrected chi connectivity index (χ0v) is 8.69. The molecule has 0 aromatic heterocycles. The number of nitrogens with two attached hydrogens (primary N) is 1. The molecule has 1 fully saturated rings. The van der Waals surface area contributed by atoms with E-state index in [1.54, 1.807) is 0 Å². The highest BCUT2D eigenvalue weighted by atomic mass is 16.3. The third kappa shape index (κ3) is 3.17. The molecule has 0 aromatic rings. The molecule has 0 radical (unpaired) electrons. The predicted molar refractivity (Wildman–Crippen MR) is 53.7 cm³/mol. The van der Waals surface area contributed by atoms with E-state index >= 15 is 0 Å². The topological polar surface area (TPSA) is 104 Å². The van der Waals surface area contributed by atoms with Crippen molar-refractivity contribution in [2.24, 2.45) is 17.6 Å². The molecular formula is C9H17N3O3. The lowest BCUT2D eigenvalue weighted by Gasteiger charge is -2.15. The molecule has 1 aliphatic rings. The molecule has 6 nitrogen and oxygen atoms in total. The zero-order valence-electron chi connectivity index (χ0n) is 8.69. The Kier molecular flexibility index (Phi) is 4.05. The molecule has 15 heavy (non-hydrogen) atoms. The van der Waals surface area contributed by atoms with Gasteiger partial charge >= 0.3 is 0 Å². The number of primary amides is 1. The molecule has 0 bridgehead atoms. The summed E-state index contributed by atoms with van der Waals surface area (Å²) in [6, 6.07) is 0. The van der Waals surface area contributed by atoms with Crippen LogP contribution < -0.4 is 16.4 Å². The van der Waals surface area contributed by atoms with Crippen LogP contribution in [0.3, 0.4) is 0 Å². The molecular weight excluding hydrogens is 198 g/mol. The summed E-state index contributed by atoms with van der Waals surface area (Å²) in [6.45, 7) is 3.32. The highest BCUT2D eigenvalue weighted by Gasteiger charge is 2.29. The molecule has 0 saturated carbocycles. The van der Waals surface area contributed by atoms with Crippen LogP contribution in [-0.4, -0.2) is 42.7 Å². The van der Waals surface area contributed by atoms with Crippen molar-refractivity contribution in [3.05, 3.63) is 0 Å². The van der Waals surface area contributed by atoms with Crippen LogP contribution in [0.2, 0.25) is 0 Å². The molecule has 86 valence electrons. The van der Waals surface area contributed by atoms with E-state index in [9.17, 15) is 9.59 Å². The Labute approximate surface area is 88.2 Å². The molecule has 1 saturated heterocycles. The van der Waals surface area contributed by atoms with Gasteiger partial charge in [0, 0.05) is 6.54 Å². The van der Waals surface area contributed by atoms with E-state index in [1.165, 1.54) is 0 Å². The summed E-state index contributed by atoms with van der Waals surface area (Å²) in [6.07, 6.45) is -1.31. The van der Waals surface area contributed by atoms with Crippen LogP contribution in [0, 0.1) is 11.8 Å². The highest BCUT2D eigenvalue weighted by Crippen LogP contribution is 2.15. The van der Waals surface area contributed by atoms with E-state index in [1.807, 2.05) is 6.92 Å². The molecule has 5 N–H and O–H groups in total. The van der Waals surface area contributed by atoms with Gasteiger partial charge in [-0.3, -0.25) is 9.59 Å². The number of hydrogen-bond acceptors (Lipinski definition) is 4. The average Bonchev–Trinajstić information content (AvgIpc) is 2.60. The van der Waals surface area contributed by atoms with Crippen LogP contribution >= 0.6 is 0 Å². The summed E-state index contributed by atoms with van der Waals surface area (Å²) in [5, 5.41) is 14.7. The van der Waals surface area contributed by atoms with Crippen LogP contribution in [0.15, 0.2) is 0 Å². The number of aliphatic hydroxyl groups excluding tert-OH is 1. The molecule has 0 aromatic carbocycles.